The first-order valence-electron chi connectivity index (χ1n) is 9.32. The van der Waals surface area contributed by atoms with Gasteiger partial charge < -0.3 is 9.80 Å². The van der Waals surface area contributed by atoms with E-state index in [4.69, 9.17) is 0 Å². The van der Waals surface area contributed by atoms with Crippen molar-refractivity contribution in [3.05, 3.63) is 48.0 Å². The van der Waals surface area contributed by atoms with Crippen molar-refractivity contribution in [2.45, 2.75) is 32.5 Å². The van der Waals surface area contributed by atoms with Crippen LogP contribution in [0.15, 0.2) is 42.5 Å². The summed E-state index contributed by atoms with van der Waals surface area (Å²) in [4.78, 5) is 27.1. The van der Waals surface area contributed by atoms with Crippen molar-refractivity contribution in [2.75, 3.05) is 19.6 Å². The van der Waals surface area contributed by atoms with Crippen LogP contribution in [0.4, 0.5) is 13.2 Å². The number of likely N-dealkylation sites (tertiary alicyclic amines) is 1. The SMILES string of the molecule is CC(C)CN(C(=O)c1ccc2ccccc2c1)C1CCN(C(=O)C(F)(F)F)C1. The molecule has 0 N–H and O–H groups in total. The van der Waals surface area contributed by atoms with E-state index in [1.165, 1.54) is 0 Å². The van der Waals surface area contributed by atoms with Gasteiger partial charge in [0.1, 0.15) is 0 Å². The number of amides is 2. The van der Waals surface area contributed by atoms with Gasteiger partial charge in [-0.15, -0.1) is 0 Å². The molecular weight excluding hydrogens is 369 g/mol. The first kappa shape index (κ1) is 20.2. The standard InChI is InChI=1S/C21H23F3N2O2/c1-14(2)12-26(18-9-10-25(13-18)20(28)21(22,23)24)19(27)17-8-7-15-5-3-4-6-16(15)11-17/h3-8,11,14,18H,9-10,12-13H2,1-2H3. The van der Waals surface area contributed by atoms with Gasteiger partial charge in [-0.1, -0.05) is 44.2 Å². The predicted molar refractivity (Wildman–Crippen MR) is 101 cm³/mol. The van der Waals surface area contributed by atoms with Crippen molar-refractivity contribution >= 4 is 22.6 Å². The highest BCUT2D eigenvalue weighted by atomic mass is 19.4. The molecule has 0 saturated carbocycles. The van der Waals surface area contributed by atoms with Crippen LogP contribution in [-0.4, -0.2) is 53.5 Å². The fraction of sp³-hybridized carbons (Fsp3) is 0.429. The molecule has 0 bridgehead atoms. The van der Waals surface area contributed by atoms with Gasteiger partial charge in [0.05, 0.1) is 6.04 Å². The molecule has 2 aromatic carbocycles. The van der Waals surface area contributed by atoms with Crippen LogP contribution in [0.5, 0.6) is 0 Å². The lowest BCUT2D eigenvalue weighted by Gasteiger charge is -2.31. The Hall–Kier alpha value is -2.57. The molecule has 0 spiro atoms. The van der Waals surface area contributed by atoms with Gasteiger partial charge in [0.15, 0.2) is 0 Å². The van der Waals surface area contributed by atoms with Crippen LogP contribution in [-0.2, 0) is 4.79 Å². The second kappa shape index (κ2) is 7.81. The molecule has 0 radical (unpaired) electrons. The van der Waals surface area contributed by atoms with Crippen LogP contribution in [0.3, 0.4) is 0 Å². The largest absolute Gasteiger partial charge is 0.471 e. The lowest BCUT2D eigenvalue weighted by molar-refractivity contribution is -0.184. The van der Waals surface area contributed by atoms with Gasteiger partial charge in [-0.3, -0.25) is 9.59 Å². The molecule has 1 heterocycles. The zero-order chi connectivity index (χ0) is 20.5. The van der Waals surface area contributed by atoms with Gasteiger partial charge >= 0.3 is 12.1 Å². The number of halogens is 3. The van der Waals surface area contributed by atoms with Crippen LogP contribution in [0.2, 0.25) is 0 Å². The number of alkyl halides is 3. The maximum absolute atomic E-state index is 13.2. The quantitative estimate of drug-likeness (QED) is 0.786. The molecule has 3 rings (SSSR count). The minimum absolute atomic E-state index is 0.00258. The van der Waals surface area contributed by atoms with E-state index in [0.29, 0.717) is 18.5 Å². The zero-order valence-electron chi connectivity index (χ0n) is 15.9. The summed E-state index contributed by atoms with van der Waals surface area (Å²) in [6.07, 6.45) is -4.55. The van der Waals surface area contributed by atoms with Crippen molar-refractivity contribution in [3.63, 3.8) is 0 Å². The third-order valence-corrected chi connectivity index (χ3v) is 4.95. The highest BCUT2D eigenvalue weighted by molar-refractivity contribution is 5.98. The monoisotopic (exact) mass is 392 g/mol. The number of rotatable bonds is 4. The minimum Gasteiger partial charge on any atom is -0.334 e. The molecule has 28 heavy (non-hydrogen) atoms. The molecule has 2 amide bonds. The highest BCUT2D eigenvalue weighted by Gasteiger charge is 2.45. The van der Waals surface area contributed by atoms with Gasteiger partial charge in [0, 0.05) is 25.2 Å². The van der Waals surface area contributed by atoms with Crippen LogP contribution in [0, 0.1) is 5.92 Å². The van der Waals surface area contributed by atoms with Crippen LogP contribution in [0.25, 0.3) is 10.8 Å². The van der Waals surface area contributed by atoms with E-state index in [1.54, 1.807) is 17.0 Å². The smallest absolute Gasteiger partial charge is 0.334 e. The predicted octanol–water partition coefficient (Wildman–Crippen LogP) is 4.10. The Labute approximate surface area is 161 Å². The summed E-state index contributed by atoms with van der Waals surface area (Å²) in [5.74, 6) is -1.90. The summed E-state index contributed by atoms with van der Waals surface area (Å²) in [7, 11) is 0. The molecule has 1 fully saturated rings. The number of carbonyl (C=O) groups excluding carboxylic acids is 2. The number of benzene rings is 2. The minimum atomic E-state index is -4.89. The van der Waals surface area contributed by atoms with E-state index in [9.17, 15) is 22.8 Å². The molecule has 4 nitrogen and oxygen atoms in total. The summed E-state index contributed by atoms with van der Waals surface area (Å²) in [5.41, 5.74) is 0.500. The first-order valence-corrected chi connectivity index (χ1v) is 9.32. The molecule has 7 heteroatoms. The van der Waals surface area contributed by atoms with Gasteiger partial charge in [-0.25, -0.2) is 0 Å². The molecule has 1 saturated heterocycles. The molecule has 0 aliphatic carbocycles. The third kappa shape index (κ3) is 4.29. The van der Waals surface area contributed by atoms with Crippen molar-refractivity contribution < 1.29 is 22.8 Å². The second-order valence-electron chi connectivity index (χ2n) is 7.60. The second-order valence-corrected chi connectivity index (χ2v) is 7.60. The summed E-state index contributed by atoms with van der Waals surface area (Å²) >= 11 is 0. The van der Waals surface area contributed by atoms with E-state index in [-0.39, 0.29) is 24.9 Å². The Bertz CT molecular complexity index is 879. The average molecular weight is 392 g/mol. The Morgan fingerprint density at radius 1 is 1.14 bits per heavy atom. The van der Waals surface area contributed by atoms with E-state index >= 15 is 0 Å². The fourth-order valence-corrected chi connectivity index (χ4v) is 3.64. The molecule has 1 atom stereocenters. The lowest BCUT2D eigenvalue weighted by Crippen LogP contribution is -2.46. The van der Waals surface area contributed by atoms with Crippen LogP contribution in [0.1, 0.15) is 30.6 Å². The van der Waals surface area contributed by atoms with Gasteiger partial charge in [0.2, 0.25) is 0 Å². The Morgan fingerprint density at radius 2 is 1.82 bits per heavy atom. The van der Waals surface area contributed by atoms with E-state index in [2.05, 4.69) is 0 Å². The normalized spacial score (nSPS) is 17.4. The van der Waals surface area contributed by atoms with Crippen LogP contribution >= 0.6 is 0 Å². The Kier molecular flexibility index (Phi) is 5.63. The summed E-state index contributed by atoms with van der Waals surface area (Å²) < 4.78 is 38.2. The van der Waals surface area contributed by atoms with Crippen molar-refractivity contribution in [3.8, 4) is 0 Å². The number of hydrogen-bond donors (Lipinski definition) is 0. The van der Waals surface area contributed by atoms with Crippen molar-refractivity contribution in [2.24, 2.45) is 5.92 Å². The lowest BCUT2D eigenvalue weighted by atomic mass is 10.0. The van der Waals surface area contributed by atoms with Gasteiger partial charge in [0.25, 0.3) is 5.91 Å². The topological polar surface area (TPSA) is 40.6 Å². The maximum Gasteiger partial charge on any atom is 0.471 e. The van der Waals surface area contributed by atoms with Gasteiger partial charge in [-0.2, -0.15) is 13.2 Å². The first-order chi connectivity index (χ1) is 13.2. The Balaban J connectivity index is 1.83. The van der Waals surface area contributed by atoms with E-state index in [1.807, 2.05) is 44.2 Å². The molecule has 1 aliphatic rings. The summed E-state index contributed by atoms with van der Waals surface area (Å²) in [6.45, 7) is 4.24. The number of fused-ring (bicyclic) bond motifs is 1. The highest BCUT2D eigenvalue weighted by Crippen LogP contribution is 2.26. The molecule has 0 aromatic heterocycles. The Morgan fingerprint density at radius 3 is 2.46 bits per heavy atom. The van der Waals surface area contributed by atoms with Crippen molar-refractivity contribution in [1.82, 2.24) is 9.80 Å². The number of nitrogens with zero attached hydrogens (tertiary/aromatic N) is 2. The maximum atomic E-state index is 13.2. The summed E-state index contributed by atoms with van der Waals surface area (Å²) in [6, 6.07) is 12.7. The van der Waals surface area contributed by atoms with E-state index < -0.39 is 18.1 Å². The molecule has 1 aliphatic heterocycles. The van der Waals surface area contributed by atoms with Crippen molar-refractivity contribution in [1.29, 1.82) is 0 Å². The van der Waals surface area contributed by atoms with Crippen LogP contribution < -0.4 is 0 Å². The fourth-order valence-electron chi connectivity index (χ4n) is 3.64. The molecule has 2 aromatic rings. The molecule has 150 valence electrons. The van der Waals surface area contributed by atoms with Gasteiger partial charge in [-0.05, 0) is 35.2 Å². The molecular formula is C21H23F3N2O2. The average Bonchev–Trinajstić information content (AvgIpc) is 3.13. The third-order valence-electron chi connectivity index (χ3n) is 4.95. The molecule has 1 unspecified atom stereocenters. The van der Waals surface area contributed by atoms with E-state index in [0.717, 1.165) is 15.7 Å². The number of hydrogen-bond acceptors (Lipinski definition) is 2. The number of carbonyl (C=O) groups is 2. The summed E-state index contributed by atoms with van der Waals surface area (Å²) in [5, 5.41) is 1.94. The zero-order valence-corrected chi connectivity index (χ0v) is 15.9.